The number of benzene rings is 1. The minimum absolute atomic E-state index is 0.0916. The molecule has 1 saturated heterocycles. The topological polar surface area (TPSA) is 44.7 Å². The van der Waals surface area contributed by atoms with Crippen molar-refractivity contribution in [1.29, 1.82) is 0 Å². The van der Waals surface area contributed by atoms with E-state index in [4.69, 9.17) is 28.6 Å². The monoisotopic (exact) mass is 314 g/mol. The van der Waals surface area contributed by atoms with Gasteiger partial charge < -0.3 is 20.1 Å². The maximum atomic E-state index is 9.45. The number of aliphatic hydroxyl groups excluding tert-OH is 1. The molecule has 0 amide bonds. The Labute approximate surface area is 129 Å². The summed E-state index contributed by atoms with van der Waals surface area (Å²) in [6.45, 7) is 0.981. The summed E-state index contributed by atoms with van der Waals surface area (Å²) in [5.41, 5.74) is 0.743. The maximum absolute atomic E-state index is 9.45. The molecule has 1 aromatic rings. The van der Waals surface area contributed by atoms with E-state index in [2.05, 4.69) is 5.32 Å². The number of ether oxygens (including phenoxy) is 1. The molecule has 1 fully saturated rings. The van der Waals surface area contributed by atoms with Crippen molar-refractivity contribution in [2.75, 3.05) is 25.6 Å². The Bertz CT molecular complexity index is 484. The second-order valence-electron chi connectivity index (χ2n) is 4.80. The molecule has 0 saturated carbocycles. The molecular weight excluding hydrogens is 296 g/mol. The van der Waals surface area contributed by atoms with Gasteiger partial charge in [0.15, 0.2) is 5.11 Å². The van der Waals surface area contributed by atoms with Crippen LogP contribution in [0.25, 0.3) is 0 Å². The van der Waals surface area contributed by atoms with Crippen LogP contribution in [0, 0.1) is 0 Å². The Hall–Kier alpha value is -1.04. The Balaban J connectivity index is 2.12. The Kier molecular flexibility index (Phi) is 5.46. The van der Waals surface area contributed by atoms with E-state index in [1.165, 1.54) is 0 Å². The normalized spacial score (nSPS) is 18.8. The molecule has 0 bridgehead atoms. The van der Waals surface area contributed by atoms with E-state index in [0.717, 1.165) is 31.5 Å². The predicted octanol–water partition coefficient (Wildman–Crippen LogP) is 2.89. The lowest BCUT2D eigenvalue weighted by Crippen LogP contribution is -2.47. The van der Waals surface area contributed by atoms with Crippen molar-refractivity contribution in [2.24, 2.45) is 0 Å². The number of nitrogens with zero attached hydrogens (tertiary/aromatic N) is 1. The van der Waals surface area contributed by atoms with E-state index in [0.29, 0.717) is 15.9 Å². The van der Waals surface area contributed by atoms with Gasteiger partial charge in [-0.2, -0.15) is 0 Å². The van der Waals surface area contributed by atoms with Gasteiger partial charge in [0, 0.05) is 11.6 Å². The van der Waals surface area contributed by atoms with Crippen molar-refractivity contribution in [2.45, 2.75) is 25.3 Å². The number of rotatable bonds is 3. The van der Waals surface area contributed by atoms with Crippen LogP contribution in [0.3, 0.4) is 0 Å². The minimum atomic E-state index is 0.0916. The summed E-state index contributed by atoms with van der Waals surface area (Å²) in [6, 6.07) is 5.44. The number of aliphatic hydroxyl groups is 1. The number of halogens is 1. The third-order valence-electron chi connectivity index (χ3n) is 3.50. The van der Waals surface area contributed by atoms with Crippen molar-refractivity contribution in [3.8, 4) is 5.75 Å². The zero-order valence-electron chi connectivity index (χ0n) is 11.4. The summed E-state index contributed by atoms with van der Waals surface area (Å²) in [6.07, 6.45) is 3.18. The minimum Gasteiger partial charge on any atom is -0.495 e. The van der Waals surface area contributed by atoms with Crippen molar-refractivity contribution in [3.63, 3.8) is 0 Å². The first-order chi connectivity index (χ1) is 9.65. The Morgan fingerprint density at radius 3 is 3.05 bits per heavy atom. The van der Waals surface area contributed by atoms with E-state index in [9.17, 15) is 5.11 Å². The van der Waals surface area contributed by atoms with Crippen LogP contribution in [0.1, 0.15) is 19.3 Å². The number of methoxy groups -OCH3 is 1. The molecule has 1 atom stereocenters. The van der Waals surface area contributed by atoms with Gasteiger partial charge in [0.2, 0.25) is 0 Å². The van der Waals surface area contributed by atoms with Crippen molar-refractivity contribution >= 4 is 34.6 Å². The highest BCUT2D eigenvalue weighted by Gasteiger charge is 2.24. The number of anilines is 1. The first-order valence-electron chi connectivity index (χ1n) is 6.67. The number of nitrogens with one attached hydrogen (secondary N) is 1. The Morgan fingerprint density at radius 2 is 2.35 bits per heavy atom. The smallest absolute Gasteiger partial charge is 0.173 e. The third kappa shape index (κ3) is 3.53. The lowest BCUT2D eigenvalue weighted by molar-refractivity contribution is 0.149. The van der Waals surface area contributed by atoms with Crippen molar-refractivity contribution < 1.29 is 9.84 Å². The van der Waals surface area contributed by atoms with E-state index in [1.54, 1.807) is 25.3 Å². The zero-order valence-corrected chi connectivity index (χ0v) is 13.0. The number of thiocarbonyl (C=S) groups is 1. The van der Waals surface area contributed by atoms with Crippen LogP contribution in [0.2, 0.25) is 5.02 Å². The van der Waals surface area contributed by atoms with Crippen LogP contribution in [0.5, 0.6) is 5.75 Å². The quantitative estimate of drug-likeness (QED) is 0.840. The van der Waals surface area contributed by atoms with Gasteiger partial charge >= 0.3 is 0 Å². The zero-order chi connectivity index (χ0) is 14.5. The summed E-state index contributed by atoms with van der Waals surface area (Å²) in [7, 11) is 1.61. The summed E-state index contributed by atoms with van der Waals surface area (Å²) in [5, 5.41) is 13.8. The Morgan fingerprint density at radius 1 is 1.55 bits per heavy atom. The number of piperidine rings is 1. The van der Waals surface area contributed by atoms with Crippen LogP contribution in [-0.2, 0) is 0 Å². The summed E-state index contributed by atoms with van der Waals surface area (Å²) in [5.74, 6) is 0.689. The first kappa shape index (κ1) is 15.4. The number of hydrogen-bond donors (Lipinski definition) is 2. The van der Waals surface area contributed by atoms with Gasteiger partial charge in [-0.05, 0) is 49.7 Å². The molecule has 2 N–H and O–H groups in total. The van der Waals surface area contributed by atoms with E-state index in [1.807, 2.05) is 4.90 Å². The largest absolute Gasteiger partial charge is 0.495 e. The molecule has 2 rings (SSSR count). The average molecular weight is 315 g/mol. The fourth-order valence-corrected chi connectivity index (χ4v) is 2.95. The highest BCUT2D eigenvalue weighted by Crippen LogP contribution is 2.28. The summed E-state index contributed by atoms with van der Waals surface area (Å²) in [4.78, 5) is 2.04. The molecule has 1 unspecified atom stereocenters. The molecule has 1 heterocycles. The molecule has 6 heteroatoms. The third-order valence-corrected chi connectivity index (χ3v) is 4.07. The fourth-order valence-electron chi connectivity index (χ4n) is 2.42. The molecule has 0 aromatic heterocycles. The van der Waals surface area contributed by atoms with E-state index >= 15 is 0 Å². The van der Waals surface area contributed by atoms with Gasteiger partial charge in [-0.3, -0.25) is 0 Å². The predicted molar refractivity (Wildman–Crippen MR) is 85.7 cm³/mol. The van der Waals surface area contributed by atoms with Crippen molar-refractivity contribution in [1.82, 2.24) is 4.90 Å². The maximum Gasteiger partial charge on any atom is 0.173 e. The van der Waals surface area contributed by atoms with Crippen LogP contribution in [0.15, 0.2) is 18.2 Å². The second kappa shape index (κ2) is 7.11. The standard InChI is InChI=1S/C14H19ClN2O2S/c1-19-13-6-5-10(15)8-12(13)16-14(20)17-7-3-2-4-11(17)9-18/h5-6,8,11,18H,2-4,7,9H2,1H3,(H,16,20). The highest BCUT2D eigenvalue weighted by molar-refractivity contribution is 7.80. The molecule has 0 radical (unpaired) electrons. The van der Waals surface area contributed by atoms with Crippen LogP contribution < -0.4 is 10.1 Å². The van der Waals surface area contributed by atoms with Gasteiger partial charge in [0.1, 0.15) is 5.75 Å². The summed E-state index contributed by atoms with van der Waals surface area (Å²) < 4.78 is 5.29. The first-order valence-corrected chi connectivity index (χ1v) is 7.46. The number of hydrogen-bond acceptors (Lipinski definition) is 3. The van der Waals surface area contributed by atoms with Crippen LogP contribution in [-0.4, -0.2) is 41.4 Å². The van der Waals surface area contributed by atoms with Gasteiger partial charge in [0.05, 0.1) is 25.4 Å². The second-order valence-corrected chi connectivity index (χ2v) is 5.62. The number of likely N-dealkylation sites (tertiary alicyclic amines) is 1. The molecule has 110 valence electrons. The fraction of sp³-hybridized carbons (Fsp3) is 0.500. The lowest BCUT2D eigenvalue weighted by Gasteiger charge is -2.36. The summed E-state index contributed by atoms with van der Waals surface area (Å²) >= 11 is 11.5. The molecule has 1 aromatic carbocycles. The van der Waals surface area contributed by atoms with Crippen molar-refractivity contribution in [3.05, 3.63) is 23.2 Å². The average Bonchev–Trinajstić information content (AvgIpc) is 2.47. The SMILES string of the molecule is COc1ccc(Cl)cc1NC(=S)N1CCCCC1CO. The molecule has 4 nitrogen and oxygen atoms in total. The van der Waals surface area contributed by atoms with Crippen LogP contribution >= 0.6 is 23.8 Å². The molecular formula is C14H19ClN2O2S. The molecule has 1 aliphatic rings. The van der Waals surface area contributed by atoms with Gasteiger partial charge in [-0.1, -0.05) is 11.6 Å². The van der Waals surface area contributed by atoms with Gasteiger partial charge in [0.25, 0.3) is 0 Å². The van der Waals surface area contributed by atoms with E-state index < -0.39 is 0 Å². The van der Waals surface area contributed by atoms with Gasteiger partial charge in [-0.15, -0.1) is 0 Å². The van der Waals surface area contributed by atoms with E-state index in [-0.39, 0.29) is 12.6 Å². The lowest BCUT2D eigenvalue weighted by atomic mass is 10.0. The molecule has 20 heavy (non-hydrogen) atoms. The van der Waals surface area contributed by atoms with Gasteiger partial charge in [-0.25, -0.2) is 0 Å². The molecule has 0 aliphatic carbocycles. The molecule has 0 spiro atoms. The highest BCUT2D eigenvalue weighted by atomic mass is 35.5. The van der Waals surface area contributed by atoms with Crippen LogP contribution in [0.4, 0.5) is 5.69 Å². The molecule has 1 aliphatic heterocycles.